The van der Waals surface area contributed by atoms with E-state index in [1.165, 1.54) is 12.8 Å². The molecule has 0 saturated carbocycles. The molecule has 1 saturated heterocycles. The van der Waals surface area contributed by atoms with Crippen LogP contribution in [0.3, 0.4) is 0 Å². The highest BCUT2D eigenvalue weighted by Crippen LogP contribution is 2.30. The van der Waals surface area contributed by atoms with E-state index < -0.39 is 6.10 Å². The summed E-state index contributed by atoms with van der Waals surface area (Å²) in [5.74, 6) is 1.66. The molecule has 2 rings (SSSR count). The lowest BCUT2D eigenvalue weighted by molar-refractivity contribution is 0.198. The SMILES string of the molecule is CC1CCC(C)N(c2ncccc2[C@H](C)O)C1. The number of hydrogen-bond acceptors (Lipinski definition) is 3. The summed E-state index contributed by atoms with van der Waals surface area (Å²) in [5.41, 5.74) is 0.938. The monoisotopic (exact) mass is 234 g/mol. The highest BCUT2D eigenvalue weighted by atomic mass is 16.3. The Hall–Kier alpha value is -1.09. The summed E-state index contributed by atoms with van der Waals surface area (Å²) in [6.07, 6.45) is 3.85. The maximum Gasteiger partial charge on any atom is 0.134 e. The smallest absolute Gasteiger partial charge is 0.134 e. The first-order chi connectivity index (χ1) is 8.09. The van der Waals surface area contributed by atoms with Crippen molar-refractivity contribution in [2.24, 2.45) is 5.92 Å². The van der Waals surface area contributed by atoms with E-state index in [4.69, 9.17) is 0 Å². The normalized spacial score (nSPS) is 26.9. The Balaban J connectivity index is 2.31. The van der Waals surface area contributed by atoms with Crippen LogP contribution >= 0.6 is 0 Å². The van der Waals surface area contributed by atoms with Gasteiger partial charge < -0.3 is 10.0 Å². The second-order valence-electron chi connectivity index (χ2n) is 5.28. The minimum atomic E-state index is -0.455. The molecule has 3 nitrogen and oxygen atoms in total. The van der Waals surface area contributed by atoms with Crippen LogP contribution in [0.5, 0.6) is 0 Å². The van der Waals surface area contributed by atoms with Gasteiger partial charge in [0.25, 0.3) is 0 Å². The first kappa shape index (κ1) is 12.4. The Kier molecular flexibility index (Phi) is 3.67. The molecule has 1 aromatic rings. The van der Waals surface area contributed by atoms with Crippen LogP contribution in [0.15, 0.2) is 18.3 Å². The molecule has 0 amide bonds. The molecule has 2 heterocycles. The molecule has 1 fully saturated rings. The quantitative estimate of drug-likeness (QED) is 0.854. The average molecular weight is 234 g/mol. The van der Waals surface area contributed by atoms with E-state index in [1.807, 2.05) is 18.3 Å². The van der Waals surface area contributed by atoms with Crippen molar-refractivity contribution in [1.29, 1.82) is 0 Å². The van der Waals surface area contributed by atoms with E-state index in [0.717, 1.165) is 17.9 Å². The zero-order valence-electron chi connectivity index (χ0n) is 10.9. The van der Waals surface area contributed by atoms with Crippen molar-refractivity contribution >= 4 is 5.82 Å². The fourth-order valence-corrected chi connectivity index (χ4v) is 2.56. The van der Waals surface area contributed by atoms with Gasteiger partial charge in [-0.2, -0.15) is 0 Å². The van der Waals surface area contributed by atoms with Crippen LogP contribution in [0, 0.1) is 5.92 Å². The van der Waals surface area contributed by atoms with Gasteiger partial charge in [-0.15, -0.1) is 0 Å². The predicted molar refractivity (Wildman–Crippen MR) is 70.1 cm³/mol. The first-order valence-electron chi connectivity index (χ1n) is 6.49. The van der Waals surface area contributed by atoms with Gasteiger partial charge in [0.1, 0.15) is 5.82 Å². The molecule has 0 bridgehead atoms. The van der Waals surface area contributed by atoms with Crippen molar-refractivity contribution in [3.63, 3.8) is 0 Å². The third kappa shape index (κ3) is 2.60. The lowest BCUT2D eigenvalue weighted by Gasteiger charge is -2.38. The molecule has 2 unspecified atom stereocenters. The maximum absolute atomic E-state index is 9.82. The number of aliphatic hydroxyl groups excluding tert-OH is 1. The van der Waals surface area contributed by atoms with Crippen LogP contribution in [0.25, 0.3) is 0 Å². The maximum atomic E-state index is 9.82. The van der Waals surface area contributed by atoms with Crippen molar-refractivity contribution in [3.05, 3.63) is 23.9 Å². The summed E-state index contributed by atoms with van der Waals surface area (Å²) in [5, 5.41) is 9.82. The summed E-state index contributed by atoms with van der Waals surface area (Å²) in [7, 11) is 0. The minimum absolute atomic E-state index is 0.455. The lowest BCUT2D eigenvalue weighted by atomic mass is 9.94. The molecule has 0 aliphatic carbocycles. The summed E-state index contributed by atoms with van der Waals surface area (Å²) in [6, 6.07) is 4.38. The van der Waals surface area contributed by atoms with Gasteiger partial charge in [0.15, 0.2) is 0 Å². The molecule has 3 atom stereocenters. The van der Waals surface area contributed by atoms with Crippen LogP contribution in [-0.4, -0.2) is 22.7 Å². The number of nitrogens with zero attached hydrogens (tertiary/aromatic N) is 2. The Morgan fingerprint density at radius 3 is 2.88 bits per heavy atom. The minimum Gasteiger partial charge on any atom is -0.389 e. The Morgan fingerprint density at radius 1 is 1.41 bits per heavy atom. The summed E-state index contributed by atoms with van der Waals surface area (Å²) < 4.78 is 0. The van der Waals surface area contributed by atoms with E-state index in [2.05, 4.69) is 23.7 Å². The van der Waals surface area contributed by atoms with E-state index in [-0.39, 0.29) is 0 Å². The number of piperidine rings is 1. The van der Waals surface area contributed by atoms with Gasteiger partial charge in [0.05, 0.1) is 6.10 Å². The van der Waals surface area contributed by atoms with E-state index in [1.54, 1.807) is 6.92 Å². The topological polar surface area (TPSA) is 36.4 Å². The number of pyridine rings is 1. The molecule has 0 aromatic carbocycles. The van der Waals surface area contributed by atoms with E-state index in [0.29, 0.717) is 12.0 Å². The number of aliphatic hydroxyl groups is 1. The molecule has 1 aliphatic rings. The van der Waals surface area contributed by atoms with Crippen molar-refractivity contribution in [1.82, 2.24) is 4.98 Å². The van der Waals surface area contributed by atoms with Gasteiger partial charge in [-0.1, -0.05) is 13.0 Å². The van der Waals surface area contributed by atoms with Gasteiger partial charge in [0, 0.05) is 24.3 Å². The Morgan fingerprint density at radius 2 is 2.18 bits per heavy atom. The zero-order chi connectivity index (χ0) is 12.4. The highest BCUT2D eigenvalue weighted by molar-refractivity contribution is 5.49. The van der Waals surface area contributed by atoms with Crippen LogP contribution in [0.2, 0.25) is 0 Å². The fraction of sp³-hybridized carbons (Fsp3) is 0.643. The fourth-order valence-electron chi connectivity index (χ4n) is 2.56. The molecule has 1 aliphatic heterocycles. The Bertz CT molecular complexity index is 378. The second kappa shape index (κ2) is 5.05. The summed E-state index contributed by atoms with van der Waals surface area (Å²) in [6.45, 7) is 7.37. The van der Waals surface area contributed by atoms with Crippen molar-refractivity contribution in [3.8, 4) is 0 Å². The number of anilines is 1. The molecule has 1 N–H and O–H groups in total. The third-order valence-electron chi connectivity index (χ3n) is 3.66. The van der Waals surface area contributed by atoms with E-state index >= 15 is 0 Å². The average Bonchev–Trinajstić information content (AvgIpc) is 2.32. The molecule has 3 heteroatoms. The molecule has 17 heavy (non-hydrogen) atoms. The number of hydrogen-bond donors (Lipinski definition) is 1. The molecule has 0 spiro atoms. The molecule has 94 valence electrons. The van der Waals surface area contributed by atoms with Crippen LogP contribution in [0.1, 0.15) is 45.3 Å². The van der Waals surface area contributed by atoms with Gasteiger partial charge in [-0.25, -0.2) is 4.98 Å². The largest absolute Gasteiger partial charge is 0.389 e. The predicted octanol–water partition coefficient (Wildman–Crippen LogP) is 2.76. The van der Waals surface area contributed by atoms with Crippen molar-refractivity contribution < 1.29 is 5.11 Å². The summed E-state index contributed by atoms with van der Waals surface area (Å²) >= 11 is 0. The van der Waals surface area contributed by atoms with Gasteiger partial charge >= 0.3 is 0 Å². The van der Waals surface area contributed by atoms with Gasteiger partial charge in [-0.3, -0.25) is 0 Å². The summed E-state index contributed by atoms with van der Waals surface area (Å²) in [4.78, 5) is 6.82. The number of aromatic nitrogens is 1. The van der Waals surface area contributed by atoms with Crippen LogP contribution < -0.4 is 4.90 Å². The van der Waals surface area contributed by atoms with Crippen molar-refractivity contribution in [2.75, 3.05) is 11.4 Å². The second-order valence-corrected chi connectivity index (χ2v) is 5.28. The van der Waals surface area contributed by atoms with Gasteiger partial charge in [0.2, 0.25) is 0 Å². The molecule has 0 radical (unpaired) electrons. The Labute approximate surface area is 103 Å². The third-order valence-corrected chi connectivity index (χ3v) is 3.66. The van der Waals surface area contributed by atoms with Crippen LogP contribution in [-0.2, 0) is 0 Å². The molecular weight excluding hydrogens is 212 g/mol. The standard InChI is InChI=1S/C14H22N2O/c1-10-6-7-11(2)16(9-10)14-13(12(3)17)5-4-8-15-14/h4-5,8,10-12,17H,6-7,9H2,1-3H3/t10?,11?,12-/m0/s1. The van der Waals surface area contributed by atoms with Crippen molar-refractivity contribution in [2.45, 2.75) is 45.8 Å². The highest BCUT2D eigenvalue weighted by Gasteiger charge is 2.26. The zero-order valence-corrected chi connectivity index (χ0v) is 10.9. The van der Waals surface area contributed by atoms with Crippen LogP contribution in [0.4, 0.5) is 5.82 Å². The first-order valence-corrected chi connectivity index (χ1v) is 6.49. The molecular formula is C14H22N2O. The van der Waals surface area contributed by atoms with E-state index in [9.17, 15) is 5.11 Å². The number of rotatable bonds is 2. The van der Waals surface area contributed by atoms with Gasteiger partial charge in [-0.05, 0) is 38.7 Å². The lowest BCUT2D eigenvalue weighted by Crippen LogP contribution is -2.42. The molecule has 1 aromatic heterocycles.